The quantitative estimate of drug-likeness (QED) is 0.245. The number of carbonyl (C=O) groups excluding carboxylic acids is 2. The maximum Gasteiger partial charge on any atom is 0.306 e. The Bertz CT molecular complexity index is 1230. The summed E-state index contributed by atoms with van der Waals surface area (Å²) in [5, 5.41) is 12.5. The minimum absolute atomic E-state index is 0.0162. The second-order valence-electron chi connectivity index (χ2n) is 14.3. The van der Waals surface area contributed by atoms with E-state index in [4.69, 9.17) is 14.2 Å². The van der Waals surface area contributed by atoms with E-state index in [0.29, 0.717) is 23.1 Å². The van der Waals surface area contributed by atoms with Gasteiger partial charge < -0.3 is 24.2 Å². The van der Waals surface area contributed by atoms with Crippen LogP contribution in [-0.4, -0.2) is 63.1 Å². The first-order valence-corrected chi connectivity index (χ1v) is 15.7. The Kier molecular flexibility index (Phi) is 4.74. The molecule has 5 aliphatic heterocycles. The molecular formula is C30H38INO6. The largest absolute Gasteiger partial charge is 0.465 e. The lowest BCUT2D eigenvalue weighted by molar-refractivity contribution is -0.293. The SMILES string of the molecule is CC1=CC(=O)[C@@H]2[C@@H](C1)C13C=C4N5C[C@H]6C[C@H](C)[C@@H](I)[C@]5(CC[C@@]4(C)[C@]4(COC(=O)C4)[C@H]1[C@@](O)(OC3)[C@@H]2C)O6. The van der Waals surface area contributed by atoms with Gasteiger partial charge in [-0.05, 0) is 50.5 Å². The first kappa shape index (κ1) is 24.8. The number of nitrogens with zero attached hydrogens (tertiary/aromatic N) is 1. The van der Waals surface area contributed by atoms with Crippen LogP contribution in [0, 0.1) is 45.8 Å². The van der Waals surface area contributed by atoms with Crippen LogP contribution in [0.15, 0.2) is 23.4 Å². The van der Waals surface area contributed by atoms with Crippen LogP contribution in [-0.2, 0) is 23.8 Å². The summed E-state index contributed by atoms with van der Waals surface area (Å²) in [5.74, 6) is -1.97. The first-order valence-electron chi connectivity index (χ1n) is 14.5. The number of carbonyl (C=O) groups is 2. The summed E-state index contributed by atoms with van der Waals surface area (Å²) in [7, 11) is 0. The average Bonchev–Trinajstić information content (AvgIpc) is 3.49. The molecule has 8 aliphatic rings. The minimum atomic E-state index is -1.48. The molecule has 0 aromatic carbocycles. The smallest absolute Gasteiger partial charge is 0.306 e. The van der Waals surface area contributed by atoms with Crippen molar-refractivity contribution in [3.05, 3.63) is 23.4 Å². The highest BCUT2D eigenvalue weighted by Crippen LogP contribution is 2.78. The monoisotopic (exact) mass is 635 g/mol. The number of alkyl halides is 1. The molecule has 7 nitrogen and oxygen atoms in total. The molecule has 2 spiro atoms. The summed E-state index contributed by atoms with van der Waals surface area (Å²) >= 11 is 2.62. The summed E-state index contributed by atoms with van der Waals surface area (Å²) < 4.78 is 19.6. The lowest BCUT2D eigenvalue weighted by atomic mass is 9.37. The van der Waals surface area contributed by atoms with Crippen LogP contribution >= 0.6 is 22.6 Å². The Balaban J connectivity index is 1.40. The number of rotatable bonds is 0. The predicted octanol–water partition coefficient (Wildman–Crippen LogP) is 3.98. The third-order valence-electron chi connectivity index (χ3n) is 12.7. The number of ether oxygens (including phenoxy) is 3. The zero-order valence-electron chi connectivity index (χ0n) is 22.7. The Morgan fingerprint density at radius 3 is 2.71 bits per heavy atom. The highest BCUT2D eigenvalue weighted by atomic mass is 127. The predicted molar refractivity (Wildman–Crippen MR) is 146 cm³/mol. The number of halogens is 1. The van der Waals surface area contributed by atoms with E-state index in [9.17, 15) is 14.7 Å². The Morgan fingerprint density at radius 1 is 1.18 bits per heavy atom. The van der Waals surface area contributed by atoms with Crippen LogP contribution in [0.3, 0.4) is 0 Å². The van der Waals surface area contributed by atoms with Gasteiger partial charge in [0.15, 0.2) is 17.3 Å². The second-order valence-corrected chi connectivity index (χ2v) is 15.6. The van der Waals surface area contributed by atoms with E-state index in [2.05, 4.69) is 47.4 Å². The van der Waals surface area contributed by atoms with Crippen LogP contribution in [0.4, 0.5) is 0 Å². The molecule has 0 amide bonds. The summed E-state index contributed by atoms with van der Waals surface area (Å²) in [6, 6.07) is 0. The van der Waals surface area contributed by atoms with Crippen molar-refractivity contribution in [3.8, 4) is 0 Å². The van der Waals surface area contributed by atoms with Crippen molar-refractivity contribution in [1.82, 2.24) is 4.90 Å². The van der Waals surface area contributed by atoms with Crippen LogP contribution in [0.2, 0.25) is 0 Å². The van der Waals surface area contributed by atoms with Crippen molar-refractivity contribution < 1.29 is 28.9 Å². The number of fused-ring (bicyclic) bond motifs is 5. The number of ketones is 1. The Hall–Kier alpha value is -0.970. The molecule has 8 heteroatoms. The average molecular weight is 636 g/mol. The summed E-state index contributed by atoms with van der Waals surface area (Å²) in [4.78, 5) is 29.1. The molecule has 1 unspecified atom stereocenters. The molecule has 0 radical (unpaired) electrons. The minimum Gasteiger partial charge on any atom is -0.465 e. The molecule has 0 aromatic heterocycles. The number of cyclic esters (lactones) is 1. The third-order valence-corrected chi connectivity index (χ3v) is 14.9. The van der Waals surface area contributed by atoms with E-state index in [1.54, 1.807) is 6.08 Å². The van der Waals surface area contributed by atoms with Crippen molar-refractivity contribution in [2.45, 2.75) is 81.3 Å². The van der Waals surface area contributed by atoms with Gasteiger partial charge in [-0.2, -0.15) is 0 Å². The highest BCUT2D eigenvalue weighted by Gasteiger charge is 2.82. The van der Waals surface area contributed by atoms with Gasteiger partial charge in [0.25, 0.3) is 0 Å². The van der Waals surface area contributed by atoms with Crippen molar-refractivity contribution in [3.63, 3.8) is 0 Å². The van der Waals surface area contributed by atoms with Gasteiger partial charge in [-0.15, -0.1) is 0 Å². The van der Waals surface area contributed by atoms with Crippen molar-refractivity contribution in [2.24, 2.45) is 45.8 Å². The van der Waals surface area contributed by atoms with E-state index in [-0.39, 0.29) is 59.1 Å². The Morgan fingerprint density at radius 2 is 1.97 bits per heavy atom. The number of hydrogen-bond acceptors (Lipinski definition) is 7. The highest BCUT2D eigenvalue weighted by molar-refractivity contribution is 14.1. The molecule has 12 atom stereocenters. The van der Waals surface area contributed by atoms with Crippen LogP contribution in [0.5, 0.6) is 0 Å². The van der Waals surface area contributed by atoms with Crippen LogP contribution < -0.4 is 0 Å². The molecule has 206 valence electrons. The maximum atomic E-state index is 13.5. The van der Waals surface area contributed by atoms with Gasteiger partial charge in [0.05, 0.1) is 29.7 Å². The summed E-state index contributed by atoms with van der Waals surface area (Å²) in [6.45, 7) is 10.2. The van der Waals surface area contributed by atoms with Crippen molar-refractivity contribution in [1.29, 1.82) is 0 Å². The summed E-state index contributed by atoms with van der Waals surface area (Å²) in [5.41, 5.74) is 0.449. The number of esters is 1. The van der Waals surface area contributed by atoms with E-state index < -0.39 is 16.6 Å². The number of hydrogen-bond donors (Lipinski definition) is 1. The fraction of sp³-hybridized carbons (Fsp3) is 0.800. The van der Waals surface area contributed by atoms with Gasteiger partial charge >= 0.3 is 5.97 Å². The maximum absolute atomic E-state index is 13.5. The number of allylic oxidation sites excluding steroid dienone is 3. The van der Waals surface area contributed by atoms with Crippen LogP contribution in [0.1, 0.15) is 59.8 Å². The van der Waals surface area contributed by atoms with Gasteiger partial charge in [-0.1, -0.05) is 55.0 Å². The lowest BCUT2D eigenvalue weighted by Gasteiger charge is -2.68. The van der Waals surface area contributed by atoms with Crippen molar-refractivity contribution >= 4 is 34.3 Å². The van der Waals surface area contributed by atoms with E-state index in [1.807, 2.05) is 13.8 Å². The second kappa shape index (κ2) is 7.26. The van der Waals surface area contributed by atoms with Gasteiger partial charge in [-0.25, -0.2) is 0 Å². The molecule has 1 N–H and O–H groups in total. The Labute approximate surface area is 237 Å². The molecule has 38 heavy (non-hydrogen) atoms. The van der Waals surface area contributed by atoms with Gasteiger partial charge in [0, 0.05) is 46.2 Å². The third kappa shape index (κ3) is 2.51. The summed E-state index contributed by atoms with van der Waals surface area (Å²) in [6.07, 6.45) is 8.33. The van der Waals surface area contributed by atoms with E-state index >= 15 is 0 Å². The first-order chi connectivity index (χ1) is 17.9. The molecule has 0 aromatic rings. The van der Waals surface area contributed by atoms with E-state index in [0.717, 1.165) is 37.8 Å². The molecule has 5 heterocycles. The van der Waals surface area contributed by atoms with Gasteiger partial charge in [0.1, 0.15) is 0 Å². The molecule has 5 saturated heterocycles. The molecule has 3 aliphatic carbocycles. The molecular weight excluding hydrogens is 597 g/mol. The molecule has 1 saturated carbocycles. The van der Waals surface area contributed by atoms with Gasteiger partial charge in [-0.3, -0.25) is 9.59 Å². The van der Waals surface area contributed by atoms with E-state index in [1.165, 1.54) is 5.70 Å². The molecule has 4 bridgehead atoms. The standard InChI is InChI=1S/C30H38INO6/c1-15-7-19-23(20(33)8-15)17(3)30(35)25-27(19,13-37-30)10-21-26(4,28(25)11-22(34)36-14-28)5-6-29-24(31)16(2)9-18(38-29)12-32(21)29/h8,10,16-19,23-25,35H,5-7,9,11-14H2,1-4H3/t16-,17+,18+,19+,23-,24+,25-,26+,27?,28+,29-,30-/m0/s1. The fourth-order valence-corrected chi connectivity index (χ4v) is 12.2. The topological polar surface area (TPSA) is 85.3 Å². The zero-order chi connectivity index (χ0) is 26.6. The van der Waals surface area contributed by atoms with Crippen molar-refractivity contribution in [2.75, 3.05) is 19.8 Å². The zero-order valence-corrected chi connectivity index (χ0v) is 24.8. The lowest BCUT2D eigenvalue weighted by Crippen LogP contribution is -2.72. The van der Waals surface area contributed by atoms with Crippen LogP contribution in [0.25, 0.3) is 0 Å². The number of piperidine rings is 1. The normalized spacial score (nSPS) is 58.1. The number of aliphatic hydroxyl groups is 1. The fourth-order valence-electron chi connectivity index (χ4n) is 11.1. The molecule has 8 rings (SSSR count). The molecule has 6 fully saturated rings. The van der Waals surface area contributed by atoms with Gasteiger partial charge in [0.2, 0.25) is 0 Å².